The van der Waals surface area contributed by atoms with Gasteiger partial charge in [0, 0.05) is 16.0 Å². The predicted molar refractivity (Wildman–Crippen MR) is 190 cm³/mol. The van der Waals surface area contributed by atoms with Gasteiger partial charge < -0.3 is 14.4 Å². The number of halogens is 1. The minimum Gasteiger partial charge on any atom is -0.458 e. The Morgan fingerprint density at radius 1 is 0.957 bits per heavy atom. The first-order valence-corrected chi connectivity index (χ1v) is 17.9. The second kappa shape index (κ2) is 14.3. The molecule has 0 spiro atoms. The van der Waals surface area contributed by atoms with E-state index >= 15 is 0 Å². The fourth-order valence-electron chi connectivity index (χ4n) is 5.83. The second-order valence-corrected chi connectivity index (χ2v) is 16.6. The normalized spacial score (nSPS) is 14.1. The standard InChI is InChI=1S/C38H45BrN2O4S/c1-7-38(5,6)45-35(42)24-41(23-30-18-19-34(39)46-30)36(43)33-21-26-12-15-29(44-28-16-13-27(14-17-28)37(2,3)4)22-31(26)32(40-33)20-25-10-8-9-11-25/h12-19,21-22,25H,7-11,20,23-24H2,1-6H3. The van der Waals surface area contributed by atoms with Crippen molar-refractivity contribution in [2.24, 2.45) is 5.92 Å². The summed E-state index contributed by atoms with van der Waals surface area (Å²) in [5, 5.41) is 1.92. The van der Waals surface area contributed by atoms with E-state index in [-0.39, 0.29) is 24.4 Å². The number of carbonyl (C=O) groups excluding carboxylic acids is 2. The summed E-state index contributed by atoms with van der Waals surface area (Å²) < 4.78 is 13.0. The van der Waals surface area contributed by atoms with Crippen LogP contribution >= 0.6 is 27.3 Å². The average molecular weight is 706 g/mol. The number of hydrogen-bond acceptors (Lipinski definition) is 6. The predicted octanol–water partition coefficient (Wildman–Crippen LogP) is 10.3. The van der Waals surface area contributed by atoms with Gasteiger partial charge in [0.2, 0.25) is 0 Å². The van der Waals surface area contributed by atoms with Gasteiger partial charge in [-0.3, -0.25) is 9.59 Å². The molecule has 8 heteroatoms. The highest BCUT2D eigenvalue weighted by Gasteiger charge is 2.27. The Kier molecular flexibility index (Phi) is 10.6. The number of benzene rings is 2. The Morgan fingerprint density at radius 2 is 1.65 bits per heavy atom. The van der Waals surface area contributed by atoms with Crippen LogP contribution in [0, 0.1) is 5.92 Å². The third-order valence-corrected chi connectivity index (χ3v) is 10.4. The number of nitrogens with zero attached hydrogens (tertiary/aromatic N) is 2. The van der Waals surface area contributed by atoms with E-state index < -0.39 is 11.6 Å². The maximum absolute atomic E-state index is 14.2. The molecule has 0 N–H and O–H groups in total. The molecule has 2 aromatic carbocycles. The molecule has 6 nitrogen and oxygen atoms in total. The van der Waals surface area contributed by atoms with E-state index in [0.29, 0.717) is 18.0 Å². The first-order chi connectivity index (χ1) is 21.8. The summed E-state index contributed by atoms with van der Waals surface area (Å²) in [6, 6.07) is 20.0. The molecule has 244 valence electrons. The first kappa shape index (κ1) is 34.1. The summed E-state index contributed by atoms with van der Waals surface area (Å²) in [6.07, 6.45) is 6.24. The van der Waals surface area contributed by atoms with E-state index in [2.05, 4.69) is 48.8 Å². The van der Waals surface area contributed by atoms with Gasteiger partial charge in [0.1, 0.15) is 29.3 Å². The molecule has 46 heavy (non-hydrogen) atoms. The highest BCUT2D eigenvalue weighted by Crippen LogP contribution is 2.34. The zero-order valence-electron chi connectivity index (χ0n) is 27.8. The first-order valence-electron chi connectivity index (χ1n) is 16.3. The van der Waals surface area contributed by atoms with Crippen molar-refractivity contribution in [2.45, 2.75) is 97.6 Å². The molecule has 1 aliphatic carbocycles. The van der Waals surface area contributed by atoms with Gasteiger partial charge in [0.05, 0.1) is 10.3 Å². The number of rotatable bonds is 11. The van der Waals surface area contributed by atoms with Crippen molar-refractivity contribution in [3.05, 3.63) is 86.3 Å². The topological polar surface area (TPSA) is 68.7 Å². The molecule has 0 unspecified atom stereocenters. The Labute approximate surface area is 285 Å². The summed E-state index contributed by atoms with van der Waals surface area (Å²) in [5.74, 6) is 1.32. The quantitative estimate of drug-likeness (QED) is 0.145. The largest absolute Gasteiger partial charge is 0.458 e. The maximum atomic E-state index is 14.2. The zero-order chi connectivity index (χ0) is 33.1. The lowest BCUT2D eigenvalue weighted by Gasteiger charge is -2.27. The van der Waals surface area contributed by atoms with Crippen LogP contribution in [0.1, 0.15) is 100 Å². The number of esters is 1. The molecular weight excluding hydrogens is 660 g/mol. The number of carbonyl (C=O) groups is 2. The van der Waals surface area contributed by atoms with Gasteiger partial charge in [0.15, 0.2) is 0 Å². The SMILES string of the molecule is CCC(C)(C)OC(=O)CN(Cc1ccc(Br)s1)C(=O)c1cc2ccc(Oc3ccc(C(C)(C)C)cc3)cc2c(CC2CCCC2)n1. The van der Waals surface area contributed by atoms with Gasteiger partial charge in [-0.15, -0.1) is 11.3 Å². The smallest absolute Gasteiger partial charge is 0.326 e. The summed E-state index contributed by atoms with van der Waals surface area (Å²) in [6.45, 7) is 12.5. The average Bonchev–Trinajstić information content (AvgIpc) is 3.67. The second-order valence-electron chi connectivity index (χ2n) is 14.0. The summed E-state index contributed by atoms with van der Waals surface area (Å²) in [7, 11) is 0. The lowest BCUT2D eigenvalue weighted by Crippen LogP contribution is -2.39. The minimum absolute atomic E-state index is 0.0695. The van der Waals surface area contributed by atoms with E-state index in [1.807, 2.05) is 69.3 Å². The molecule has 2 aromatic heterocycles. The van der Waals surface area contributed by atoms with Crippen LogP contribution in [-0.4, -0.2) is 33.9 Å². The molecule has 0 radical (unpaired) electrons. The van der Waals surface area contributed by atoms with Gasteiger partial charge in [0.25, 0.3) is 5.91 Å². The van der Waals surface area contributed by atoms with Crippen LogP contribution in [0.15, 0.2) is 64.5 Å². The summed E-state index contributed by atoms with van der Waals surface area (Å²) in [5.41, 5.74) is 1.95. The lowest BCUT2D eigenvalue weighted by molar-refractivity contribution is -0.157. The number of hydrogen-bond donors (Lipinski definition) is 0. The molecule has 1 aliphatic rings. The van der Waals surface area contributed by atoms with Gasteiger partial charge in [-0.1, -0.05) is 71.6 Å². The highest BCUT2D eigenvalue weighted by atomic mass is 79.9. The van der Waals surface area contributed by atoms with Crippen LogP contribution in [0.5, 0.6) is 11.5 Å². The fraction of sp³-hybridized carbons (Fsp3) is 0.447. The van der Waals surface area contributed by atoms with Crippen molar-refractivity contribution < 1.29 is 19.1 Å². The number of pyridine rings is 1. The molecule has 1 amide bonds. The summed E-state index contributed by atoms with van der Waals surface area (Å²) >= 11 is 5.06. The van der Waals surface area contributed by atoms with E-state index in [1.54, 1.807) is 16.2 Å². The van der Waals surface area contributed by atoms with Crippen molar-refractivity contribution in [1.29, 1.82) is 0 Å². The van der Waals surface area contributed by atoms with E-state index in [0.717, 1.165) is 55.9 Å². The molecular formula is C38H45BrN2O4S. The molecule has 0 saturated heterocycles. The van der Waals surface area contributed by atoms with Crippen LogP contribution in [0.25, 0.3) is 10.8 Å². The van der Waals surface area contributed by atoms with Crippen LogP contribution in [0.3, 0.4) is 0 Å². The Morgan fingerprint density at radius 3 is 2.28 bits per heavy atom. The third kappa shape index (κ3) is 8.77. The minimum atomic E-state index is -0.609. The Bertz CT molecular complexity index is 1680. The monoisotopic (exact) mass is 704 g/mol. The van der Waals surface area contributed by atoms with Gasteiger partial charge in [-0.25, -0.2) is 4.98 Å². The van der Waals surface area contributed by atoms with Gasteiger partial charge in [-0.2, -0.15) is 0 Å². The number of thiophene rings is 1. The molecule has 0 bridgehead atoms. The Balaban J connectivity index is 1.47. The van der Waals surface area contributed by atoms with Crippen molar-refractivity contribution in [3.8, 4) is 11.5 Å². The van der Waals surface area contributed by atoms with Crippen molar-refractivity contribution in [3.63, 3.8) is 0 Å². The number of ether oxygens (including phenoxy) is 2. The molecule has 1 fully saturated rings. The number of fused-ring (bicyclic) bond motifs is 1. The highest BCUT2D eigenvalue weighted by molar-refractivity contribution is 9.11. The van der Waals surface area contributed by atoms with Crippen molar-refractivity contribution >= 4 is 49.9 Å². The van der Waals surface area contributed by atoms with Crippen molar-refractivity contribution in [1.82, 2.24) is 9.88 Å². The number of aromatic nitrogens is 1. The Hall–Kier alpha value is -3.23. The fourth-order valence-corrected chi connectivity index (χ4v) is 7.33. The van der Waals surface area contributed by atoms with Crippen LogP contribution < -0.4 is 4.74 Å². The molecule has 2 heterocycles. The lowest BCUT2D eigenvalue weighted by atomic mass is 9.87. The van der Waals surface area contributed by atoms with E-state index in [1.165, 1.54) is 18.4 Å². The van der Waals surface area contributed by atoms with Crippen LogP contribution in [0.4, 0.5) is 0 Å². The molecule has 4 aromatic rings. The van der Waals surface area contributed by atoms with Gasteiger partial charge >= 0.3 is 5.97 Å². The molecule has 1 saturated carbocycles. The maximum Gasteiger partial charge on any atom is 0.326 e. The molecule has 0 atom stereocenters. The van der Waals surface area contributed by atoms with E-state index in [9.17, 15) is 9.59 Å². The number of amides is 1. The van der Waals surface area contributed by atoms with Crippen molar-refractivity contribution in [2.75, 3.05) is 6.54 Å². The third-order valence-electron chi connectivity index (χ3n) is 8.84. The molecule has 0 aliphatic heterocycles. The zero-order valence-corrected chi connectivity index (χ0v) is 30.2. The van der Waals surface area contributed by atoms with Crippen LogP contribution in [0.2, 0.25) is 0 Å². The van der Waals surface area contributed by atoms with Gasteiger partial charge in [-0.05, 0) is 107 Å². The van der Waals surface area contributed by atoms with Crippen LogP contribution in [-0.2, 0) is 27.9 Å². The molecule has 5 rings (SSSR count). The summed E-state index contributed by atoms with van der Waals surface area (Å²) in [4.78, 5) is 34.8. The van der Waals surface area contributed by atoms with E-state index in [4.69, 9.17) is 14.5 Å².